The minimum Gasteiger partial charge on any atom is -0.348 e. The molecule has 0 spiro atoms. The van der Waals surface area contributed by atoms with Crippen LogP contribution in [-0.4, -0.2) is 21.4 Å². The third kappa shape index (κ3) is 3.58. The van der Waals surface area contributed by atoms with Crippen molar-refractivity contribution in [2.24, 2.45) is 7.05 Å². The van der Waals surface area contributed by atoms with E-state index in [4.69, 9.17) is 0 Å². The molecule has 0 saturated carbocycles. The van der Waals surface area contributed by atoms with E-state index in [0.29, 0.717) is 6.04 Å². The lowest BCUT2D eigenvalue weighted by atomic mass is 10.1. The van der Waals surface area contributed by atoms with Gasteiger partial charge in [-0.3, -0.25) is 4.68 Å². The third-order valence-corrected chi connectivity index (χ3v) is 4.85. The molecule has 2 aromatic heterocycles. The largest absolute Gasteiger partial charge is 0.348 e. The van der Waals surface area contributed by atoms with Crippen LogP contribution in [0, 0.1) is 0 Å². The number of nitrogens with zero attached hydrogens (tertiary/aromatic N) is 3. The van der Waals surface area contributed by atoms with Gasteiger partial charge in [0.2, 0.25) is 0 Å². The molecule has 0 aliphatic rings. The summed E-state index contributed by atoms with van der Waals surface area (Å²) in [6, 6.07) is 2.65. The lowest BCUT2D eigenvalue weighted by Crippen LogP contribution is -2.15. The van der Waals surface area contributed by atoms with Gasteiger partial charge in [0.15, 0.2) is 0 Å². The van der Waals surface area contributed by atoms with Gasteiger partial charge in [0.25, 0.3) is 0 Å². The van der Waals surface area contributed by atoms with E-state index < -0.39 is 0 Å². The van der Waals surface area contributed by atoms with E-state index in [1.165, 1.54) is 17.7 Å². The van der Waals surface area contributed by atoms with E-state index in [1.807, 2.05) is 18.8 Å². The molecule has 0 radical (unpaired) electrons. The summed E-state index contributed by atoms with van der Waals surface area (Å²) in [5, 5.41) is 7.95. The Labute approximate surface area is 135 Å². The lowest BCUT2D eigenvalue weighted by molar-refractivity contribution is 0.540. The smallest absolute Gasteiger partial charge is 0.0767 e. The van der Waals surface area contributed by atoms with Crippen LogP contribution in [0.5, 0.6) is 0 Å². The highest BCUT2D eigenvalue weighted by Crippen LogP contribution is 2.24. The van der Waals surface area contributed by atoms with Crippen LogP contribution < -0.4 is 5.32 Å². The van der Waals surface area contributed by atoms with Crippen molar-refractivity contribution in [1.29, 1.82) is 0 Å². The Hall–Kier alpha value is -1.07. The van der Waals surface area contributed by atoms with Gasteiger partial charge < -0.3 is 9.88 Å². The molecule has 1 N–H and O–H groups in total. The van der Waals surface area contributed by atoms with Gasteiger partial charge >= 0.3 is 0 Å². The van der Waals surface area contributed by atoms with Gasteiger partial charge in [-0.05, 0) is 47.4 Å². The molecule has 0 aromatic carbocycles. The van der Waals surface area contributed by atoms with Crippen molar-refractivity contribution in [2.75, 3.05) is 7.05 Å². The topological polar surface area (TPSA) is 34.8 Å². The zero-order valence-corrected chi connectivity index (χ0v) is 14.9. The molecule has 4 nitrogen and oxygen atoms in total. The van der Waals surface area contributed by atoms with Gasteiger partial charge in [0.05, 0.1) is 22.4 Å². The lowest BCUT2D eigenvalue weighted by Gasteiger charge is -2.13. The molecule has 0 aliphatic carbocycles. The molecule has 0 bridgehead atoms. The molecular weight excluding hydrogens is 328 g/mol. The van der Waals surface area contributed by atoms with E-state index in [9.17, 15) is 0 Å². The Morgan fingerprint density at radius 3 is 2.71 bits per heavy atom. The number of hydrogen-bond donors (Lipinski definition) is 1. The van der Waals surface area contributed by atoms with Crippen LogP contribution in [0.2, 0.25) is 0 Å². The first-order chi connectivity index (χ1) is 10.1. The summed E-state index contributed by atoms with van der Waals surface area (Å²) in [6.07, 6.45) is 7.69. The quantitative estimate of drug-likeness (QED) is 0.825. The second kappa shape index (κ2) is 7.27. The monoisotopic (exact) mass is 352 g/mol. The summed E-state index contributed by atoms with van der Waals surface area (Å²) in [6.45, 7) is 5.19. The highest BCUT2D eigenvalue weighted by Gasteiger charge is 2.14. The Balaban J connectivity index is 2.18. The summed E-state index contributed by atoms with van der Waals surface area (Å²) in [5.74, 6) is 0. The molecule has 2 rings (SSSR count). The number of rotatable bonds is 7. The third-order valence-electron chi connectivity index (χ3n) is 3.94. The van der Waals surface area contributed by atoms with Crippen molar-refractivity contribution in [2.45, 2.75) is 45.7 Å². The fourth-order valence-corrected chi connectivity index (χ4v) is 3.44. The molecule has 1 atom stereocenters. The van der Waals surface area contributed by atoms with Crippen LogP contribution in [0.4, 0.5) is 0 Å². The molecule has 0 saturated heterocycles. The Kier molecular flexibility index (Phi) is 5.65. The molecule has 5 heteroatoms. The first kappa shape index (κ1) is 16.3. The molecule has 0 amide bonds. The van der Waals surface area contributed by atoms with Crippen molar-refractivity contribution in [3.05, 3.63) is 39.9 Å². The molecule has 0 aliphatic heterocycles. The molecular formula is C16H25BrN4. The standard InChI is InChI=1S/C16H25BrN4/c1-5-7-14(18-3)12-8-9-21(10-12)11-15-16(17)13(6-2)19-20(15)4/h8-10,14,18H,5-7,11H2,1-4H3. The number of aryl methyl sites for hydroxylation is 2. The molecule has 21 heavy (non-hydrogen) atoms. The predicted octanol–water partition coefficient (Wildman–Crippen LogP) is 3.66. The first-order valence-corrected chi connectivity index (χ1v) is 8.43. The van der Waals surface area contributed by atoms with Gasteiger partial charge in [0, 0.05) is 25.5 Å². The highest BCUT2D eigenvalue weighted by atomic mass is 79.9. The van der Waals surface area contributed by atoms with E-state index >= 15 is 0 Å². The molecule has 116 valence electrons. The van der Waals surface area contributed by atoms with E-state index in [1.54, 1.807) is 0 Å². The predicted molar refractivity (Wildman–Crippen MR) is 90.5 cm³/mol. The van der Waals surface area contributed by atoms with Crippen LogP contribution in [-0.2, 0) is 20.0 Å². The fourth-order valence-electron chi connectivity index (χ4n) is 2.69. The number of nitrogens with one attached hydrogen (secondary N) is 1. The maximum Gasteiger partial charge on any atom is 0.0767 e. The van der Waals surface area contributed by atoms with Crippen molar-refractivity contribution < 1.29 is 0 Å². The minimum absolute atomic E-state index is 0.442. The van der Waals surface area contributed by atoms with Gasteiger partial charge in [0.1, 0.15) is 0 Å². The number of hydrogen-bond acceptors (Lipinski definition) is 2. The SMILES string of the molecule is CCCC(NC)c1ccn(Cc2c(Br)c(CC)nn2C)c1. The van der Waals surface area contributed by atoms with E-state index in [0.717, 1.165) is 29.6 Å². The normalized spacial score (nSPS) is 12.8. The van der Waals surface area contributed by atoms with Crippen LogP contribution in [0.1, 0.15) is 49.7 Å². The van der Waals surface area contributed by atoms with Crippen LogP contribution >= 0.6 is 15.9 Å². The Bertz CT molecular complexity index is 585. The Morgan fingerprint density at radius 1 is 1.38 bits per heavy atom. The summed E-state index contributed by atoms with van der Waals surface area (Å²) < 4.78 is 5.35. The zero-order chi connectivity index (χ0) is 15.4. The summed E-state index contributed by atoms with van der Waals surface area (Å²) in [7, 11) is 4.04. The van der Waals surface area contributed by atoms with Crippen molar-refractivity contribution >= 4 is 15.9 Å². The minimum atomic E-state index is 0.442. The fraction of sp³-hybridized carbons (Fsp3) is 0.562. The maximum absolute atomic E-state index is 4.56. The molecule has 2 aromatic rings. The number of aromatic nitrogens is 3. The van der Waals surface area contributed by atoms with Crippen LogP contribution in [0.3, 0.4) is 0 Å². The first-order valence-electron chi connectivity index (χ1n) is 7.63. The van der Waals surface area contributed by atoms with Crippen molar-refractivity contribution in [1.82, 2.24) is 19.7 Å². The van der Waals surface area contributed by atoms with Crippen molar-refractivity contribution in [3.63, 3.8) is 0 Å². The van der Waals surface area contributed by atoms with E-state index in [-0.39, 0.29) is 0 Å². The average Bonchev–Trinajstić information content (AvgIpc) is 3.04. The molecule has 0 fully saturated rings. The van der Waals surface area contributed by atoms with Gasteiger partial charge in [-0.1, -0.05) is 20.3 Å². The zero-order valence-electron chi connectivity index (χ0n) is 13.4. The summed E-state index contributed by atoms with van der Waals surface area (Å²) in [5.41, 5.74) is 3.69. The second-order valence-corrected chi connectivity index (χ2v) is 6.22. The molecule has 1 unspecified atom stereocenters. The van der Waals surface area contributed by atoms with Crippen LogP contribution in [0.25, 0.3) is 0 Å². The molecule has 2 heterocycles. The van der Waals surface area contributed by atoms with Gasteiger partial charge in [-0.2, -0.15) is 5.10 Å². The Morgan fingerprint density at radius 2 is 2.14 bits per heavy atom. The van der Waals surface area contributed by atoms with Gasteiger partial charge in [-0.25, -0.2) is 0 Å². The summed E-state index contributed by atoms with van der Waals surface area (Å²) >= 11 is 3.69. The van der Waals surface area contributed by atoms with Gasteiger partial charge in [-0.15, -0.1) is 0 Å². The number of halogens is 1. The summed E-state index contributed by atoms with van der Waals surface area (Å²) in [4.78, 5) is 0. The highest BCUT2D eigenvalue weighted by molar-refractivity contribution is 9.10. The average molecular weight is 353 g/mol. The second-order valence-electron chi connectivity index (χ2n) is 5.43. The van der Waals surface area contributed by atoms with E-state index in [2.05, 4.69) is 63.2 Å². The van der Waals surface area contributed by atoms with Crippen LogP contribution in [0.15, 0.2) is 22.9 Å². The van der Waals surface area contributed by atoms with Crippen molar-refractivity contribution in [3.8, 4) is 0 Å². The maximum atomic E-state index is 4.56.